The van der Waals surface area contributed by atoms with Gasteiger partial charge in [0.25, 0.3) is 0 Å². The van der Waals surface area contributed by atoms with Gasteiger partial charge in [0.1, 0.15) is 12.4 Å². The maximum atomic E-state index is 6.01. The van der Waals surface area contributed by atoms with Crippen LogP contribution < -0.4 is 4.74 Å². The molecule has 26 heavy (non-hydrogen) atoms. The van der Waals surface area contributed by atoms with E-state index >= 15 is 0 Å². The van der Waals surface area contributed by atoms with Crippen molar-refractivity contribution >= 4 is 11.8 Å². The maximum absolute atomic E-state index is 6.01. The number of para-hydroxylation sites is 2. The van der Waals surface area contributed by atoms with E-state index in [0.717, 1.165) is 47.6 Å². The molecule has 1 aromatic heterocycles. The van der Waals surface area contributed by atoms with Crippen LogP contribution in [0.3, 0.4) is 0 Å². The predicted molar refractivity (Wildman–Crippen MR) is 102 cm³/mol. The zero-order valence-electron chi connectivity index (χ0n) is 14.7. The van der Waals surface area contributed by atoms with E-state index in [9.17, 15) is 0 Å². The molecule has 4 rings (SSSR count). The SMILES string of the molecule is Cc1ccccc1OCc1nnc(S[C@H]2CCOC2)n1-c1ccccc1. The number of hydrogen-bond donors (Lipinski definition) is 0. The summed E-state index contributed by atoms with van der Waals surface area (Å²) in [5.41, 5.74) is 2.15. The molecule has 0 bridgehead atoms. The molecule has 0 saturated carbocycles. The lowest BCUT2D eigenvalue weighted by atomic mass is 10.2. The average Bonchev–Trinajstić information content (AvgIpc) is 3.32. The summed E-state index contributed by atoms with van der Waals surface area (Å²) in [5, 5.41) is 10.1. The minimum atomic E-state index is 0.370. The van der Waals surface area contributed by atoms with E-state index in [1.807, 2.05) is 49.4 Å². The van der Waals surface area contributed by atoms with Crippen molar-refractivity contribution in [2.24, 2.45) is 0 Å². The fourth-order valence-corrected chi connectivity index (χ4v) is 4.00. The lowest BCUT2D eigenvalue weighted by Gasteiger charge is -2.13. The van der Waals surface area contributed by atoms with E-state index in [1.54, 1.807) is 11.8 Å². The lowest BCUT2D eigenvalue weighted by Crippen LogP contribution is -2.09. The molecular weight excluding hydrogens is 346 g/mol. The van der Waals surface area contributed by atoms with Gasteiger partial charge < -0.3 is 9.47 Å². The smallest absolute Gasteiger partial charge is 0.196 e. The van der Waals surface area contributed by atoms with Crippen LogP contribution in [0.5, 0.6) is 5.75 Å². The molecule has 0 N–H and O–H groups in total. The molecule has 6 heteroatoms. The summed E-state index contributed by atoms with van der Waals surface area (Å²) < 4.78 is 13.6. The van der Waals surface area contributed by atoms with Gasteiger partial charge in [-0.2, -0.15) is 0 Å². The number of nitrogens with zero attached hydrogens (tertiary/aromatic N) is 3. The van der Waals surface area contributed by atoms with E-state index in [-0.39, 0.29) is 0 Å². The van der Waals surface area contributed by atoms with Crippen LogP contribution in [0.1, 0.15) is 17.8 Å². The summed E-state index contributed by atoms with van der Waals surface area (Å²) in [5.74, 6) is 1.66. The van der Waals surface area contributed by atoms with E-state index in [4.69, 9.17) is 9.47 Å². The lowest BCUT2D eigenvalue weighted by molar-refractivity contribution is 0.199. The Morgan fingerprint density at radius 2 is 1.92 bits per heavy atom. The van der Waals surface area contributed by atoms with Gasteiger partial charge in [0.2, 0.25) is 0 Å². The van der Waals surface area contributed by atoms with Crippen molar-refractivity contribution in [1.82, 2.24) is 14.8 Å². The molecule has 1 fully saturated rings. The molecule has 1 aliphatic rings. The van der Waals surface area contributed by atoms with Crippen molar-refractivity contribution in [1.29, 1.82) is 0 Å². The minimum absolute atomic E-state index is 0.370. The Bertz CT molecular complexity index is 861. The first kappa shape index (κ1) is 17.1. The molecule has 5 nitrogen and oxygen atoms in total. The summed E-state index contributed by atoms with van der Waals surface area (Å²) in [6, 6.07) is 18.2. The number of rotatable bonds is 6. The van der Waals surface area contributed by atoms with Gasteiger partial charge in [-0.3, -0.25) is 4.57 Å². The fourth-order valence-electron chi connectivity index (χ4n) is 2.92. The first-order valence-corrected chi connectivity index (χ1v) is 9.62. The molecular formula is C20H21N3O2S. The van der Waals surface area contributed by atoms with Gasteiger partial charge in [-0.1, -0.05) is 48.2 Å². The Morgan fingerprint density at radius 1 is 1.12 bits per heavy atom. The summed E-state index contributed by atoms with van der Waals surface area (Å²) in [6.07, 6.45) is 1.04. The first-order valence-electron chi connectivity index (χ1n) is 8.74. The van der Waals surface area contributed by atoms with E-state index in [1.165, 1.54) is 0 Å². The standard InChI is InChI=1S/C20H21N3O2S/c1-15-7-5-6-10-18(15)25-14-19-21-22-20(26-17-11-12-24-13-17)23(19)16-8-3-2-4-9-16/h2-10,17H,11-14H2,1H3/t17-/m0/s1. The number of benzene rings is 2. The quantitative estimate of drug-likeness (QED) is 0.658. The Balaban J connectivity index is 1.61. The molecule has 0 aliphatic carbocycles. The Hall–Kier alpha value is -2.31. The van der Waals surface area contributed by atoms with Gasteiger partial charge in [0, 0.05) is 17.5 Å². The summed E-state index contributed by atoms with van der Waals surface area (Å²) in [6.45, 7) is 3.99. The van der Waals surface area contributed by atoms with Gasteiger partial charge in [0.15, 0.2) is 11.0 Å². The second-order valence-electron chi connectivity index (χ2n) is 6.23. The highest BCUT2D eigenvalue weighted by molar-refractivity contribution is 7.99. The molecule has 2 aromatic carbocycles. The van der Waals surface area contributed by atoms with Crippen molar-refractivity contribution < 1.29 is 9.47 Å². The highest BCUT2D eigenvalue weighted by atomic mass is 32.2. The molecule has 1 atom stereocenters. The third kappa shape index (κ3) is 3.76. The van der Waals surface area contributed by atoms with E-state index in [2.05, 4.69) is 26.9 Å². The predicted octanol–water partition coefficient (Wildman–Crippen LogP) is 4.04. The van der Waals surface area contributed by atoms with Crippen LogP contribution in [-0.2, 0) is 11.3 Å². The Kier molecular flexibility index (Phi) is 5.22. The number of ether oxygens (including phenoxy) is 2. The van der Waals surface area contributed by atoms with Crippen LogP contribution >= 0.6 is 11.8 Å². The maximum Gasteiger partial charge on any atom is 0.196 e. The number of hydrogen-bond acceptors (Lipinski definition) is 5. The normalized spacial score (nSPS) is 16.7. The van der Waals surface area contributed by atoms with Gasteiger partial charge in [-0.15, -0.1) is 10.2 Å². The second-order valence-corrected chi connectivity index (χ2v) is 7.49. The summed E-state index contributed by atoms with van der Waals surface area (Å²) >= 11 is 1.73. The van der Waals surface area contributed by atoms with Crippen LogP contribution in [-0.4, -0.2) is 33.2 Å². The molecule has 134 valence electrons. The van der Waals surface area contributed by atoms with Gasteiger partial charge in [-0.05, 0) is 37.1 Å². The van der Waals surface area contributed by atoms with Crippen molar-refractivity contribution in [2.45, 2.75) is 30.4 Å². The highest BCUT2D eigenvalue weighted by Crippen LogP contribution is 2.30. The fraction of sp³-hybridized carbons (Fsp3) is 0.300. The molecule has 0 unspecified atom stereocenters. The molecule has 0 amide bonds. The number of aromatic nitrogens is 3. The number of aryl methyl sites for hydroxylation is 1. The highest BCUT2D eigenvalue weighted by Gasteiger charge is 2.22. The number of thioether (sulfide) groups is 1. The van der Waals surface area contributed by atoms with Gasteiger partial charge in [-0.25, -0.2) is 0 Å². The van der Waals surface area contributed by atoms with Crippen LogP contribution in [0.2, 0.25) is 0 Å². The van der Waals surface area contributed by atoms with Crippen LogP contribution in [0.15, 0.2) is 59.8 Å². The second kappa shape index (κ2) is 7.93. The van der Waals surface area contributed by atoms with Crippen LogP contribution in [0.25, 0.3) is 5.69 Å². The Labute approximate surface area is 157 Å². The van der Waals surface area contributed by atoms with Crippen molar-refractivity contribution in [3.63, 3.8) is 0 Å². The van der Waals surface area contributed by atoms with Crippen molar-refractivity contribution in [3.8, 4) is 11.4 Å². The van der Waals surface area contributed by atoms with Crippen molar-refractivity contribution in [2.75, 3.05) is 13.2 Å². The third-order valence-corrected chi connectivity index (χ3v) is 5.51. The molecule has 1 saturated heterocycles. The van der Waals surface area contributed by atoms with Gasteiger partial charge in [0.05, 0.1) is 6.61 Å². The summed E-state index contributed by atoms with van der Waals surface area (Å²) in [7, 11) is 0. The largest absolute Gasteiger partial charge is 0.485 e. The monoisotopic (exact) mass is 367 g/mol. The molecule has 0 radical (unpaired) electrons. The topological polar surface area (TPSA) is 49.2 Å². The van der Waals surface area contributed by atoms with Crippen LogP contribution in [0, 0.1) is 6.92 Å². The average molecular weight is 367 g/mol. The van der Waals surface area contributed by atoms with Gasteiger partial charge >= 0.3 is 0 Å². The molecule has 1 aliphatic heterocycles. The van der Waals surface area contributed by atoms with E-state index < -0.39 is 0 Å². The molecule has 2 heterocycles. The molecule has 0 spiro atoms. The molecule has 3 aromatic rings. The zero-order valence-corrected chi connectivity index (χ0v) is 15.5. The minimum Gasteiger partial charge on any atom is -0.485 e. The summed E-state index contributed by atoms with van der Waals surface area (Å²) in [4.78, 5) is 0. The third-order valence-electron chi connectivity index (χ3n) is 4.33. The van der Waals surface area contributed by atoms with Crippen LogP contribution in [0.4, 0.5) is 0 Å². The zero-order chi connectivity index (χ0) is 17.8. The first-order chi connectivity index (χ1) is 12.8. The Morgan fingerprint density at radius 3 is 2.69 bits per heavy atom. The van der Waals surface area contributed by atoms with E-state index in [0.29, 0.717) is 11.9 Å². The van der Waals surface area contributed by atoms with Crippen molar-refractivity contribution in [3.05, 3.63) is 66.0 Å².